The van der Waals surface area contributed by atoms with Crippen LogP contribution >= 0.6 is 0 Å². The van der Waals surface area contributed by atoms with Gasteiger partial charge in [0.25, 0.3) is 0 Å². The quantitative estimate of drug-likeness (QED) is 0.701. The summed E-state index contributed by atoms with van der Waals surface area (Å²) in [4.78, 5) is 24.6. The van der Waals surface area contributed by atoms with Crippen LogP contribution in [0, 0.1) is 18.7 Å². The van der Waals surface area contributed by atoms with Gasteiger partial charge in [0.15, 0.2) is 5.78 Å². The number of aromatic nitrogens is 3. The summed E-state index contributed by atoms with van der Waals surface area (Å²) in [6.45, 7) is 1.72. The molecule has 3 aromatic rings. The summed E-state index contributed by atoms with van der Waals surface area (Å²) >= 11 is 0. The molecule has 1 aromatic carbocycles. The highest BCUT2D eigenvalue weighted by molar-refractivity contribution is 6.00. The average Bonchev–Trinajstić information content (AvgIpc) is 2.61. The van der Waals surface area contributed by atoms with Crippen LogP contribution < -0.4 is 5.73 Å². The number of hydrogen-bond donors (Lipinski definition) is 1. The molecule has 27 heavy (non-hydrogen) atoms. The van der Waals surface area contributed by atoms with Crippen molar-refractivity contribution in [2.24, 2.45) is 0 Å². The maximum atomic E-state index is 14.2. The zero-order chi connectivity index (χ0) is 19.1. The van der Waals surface area contributed by atoms with Crippen LogP contribution in [0.2, 0.25) is 0 Å². The topological polar surface area (TPSA) is 81.8 Å². The minimum absolute atomic E-state index is 0.0949. The molecule has 1 atom stereocenters. The van der Waals surface area contributed by atoms with Crippen LogP contribution in [-0.2, 0) is 6.42 Å². The van der Waals surface area contributed by atoms with E-state index in [4.69, 9.17) is 5.73 Å². The molecule has 7 heteroatoms. The van der Waals surface area contributed by atoms with Gasteiger partial charge in [-0.15, -0.1) is 0 Å². The third-order valence-corrected chi connectivity index (χ3v) is 4.84. The zero-order valence-corrected chi connectivity index (χ0v) is 14.5. The Bertz CT molecular complexity index is 1070. The smallest absolute Gasteiger partial charge is 0.220 e. The predicted molar refractivity (Wildman–Crippen MR) is 96.2 cm³/mol. The Morgan fingerprint density at radius 2 is 1.93 bits per heavy atom. The Labute approximate surface area is 154 Å². The minimum atomic E-state index is -0.643. The lowest BCUT2D eigenvalue weighted by atomic mass is 9.78. The normalized spacial score (nSPS) is 16.3. The molecular formula is C20H16F2N4O. The number of halogens is 2. The van der Waals surface area contributed by atoms with E-state index < -0.39 is 11.8 Å². The first-order chi connectivity index (χ1) is 12.9. The summed E-state index contributed by atoms with van der Waals surface area (Å²) in [5.74, 6) is -1.47. The van der Waals surface area contributed by atoms with E-state index in [9.17, 15) is 13.6 Å². The summed E-state index contributed by atoms with van der Waals surface area (Å²) in [5, 5.41) is 0. The number of ketones is 1. The third-order valence-electron chi connectivity index (χ3n) is 4.84. The number of Topliss-reactive ketones (excluding diaryl/α,β-unsaturated/α-hetero) is 1. The lowest BCUT2D eigenvalue weighted by Crippen LogP contribution is -2.23. The Hall–Kier alpha value is -3.22. The Morgan fingerprint density at radius 3 is 2.70 bits per heavy atom. The van der Waals surface area contributed by atoms with Gasteiger partial charge in [-0.05, 0) is 54.7 Å². The average molecular weight is 366 g/mol. The second kappa shape index (κ2) is 6.50. The number of benzene rings is 1. The maximum Gasteiger partial charge on any atom is 0.220 e. The molecule has 0 spiro atoms. The van der Waals surface area contributed by atoms with Gasteiger partial charge >= 0.3 is 0 Å². The van der Waals surface area contributed by atoms with Crippen LogP contribution in [0.3, 0.4) is 0 Å². The van der Waals surface area contributed by atoms with Crippen molar-refractivity contribution >= 4 is 11.7 Å². The SMILES string of the molecule is Cc1nc(N)nc2c1C(=O)CC(c1cc(F)ccc1-c1cccnc1F)C2. The molecule has 0 amide bonds. The van der Waals surface area contributed by atoms with Gasteiger partial charge in [-0.3, -0.25) is 4.79 Å². The monoisotopic (exact) mass is 366 g/mol. The van der Waals surface area contributed by atoms with Crippen molar-refractivity contribution in [1.82, 2.24) is 15.0 Å². The van der Waals surface area contributed by atoms with Crippen LogP contribution in [0.1, 0.15) is 39.6 Å². The second-order valence-corrected chi connectivity index (χ2v) is 6.59. The van der Waals surface area contributed by atoms with Crippen molar-refractivity contribution in [3.05, 3.63) is 70.8 Å². The van der Waals surface area contributed by atoms with Gasteiger partial charge in [0.1, 0.15) is 5.82 Å². The first-order valence-corrected chi connectivity index (χ1v) is 8.50. The number of aryl methyl sites for hydroxylation is 1. The number of nitrogens with zero attached hydrogens (tertiary/aromatic N) is 3. The van der Waals surface area contributed by atoms with Gasteiger partial charge in [0.05, 0.1) is 17.0 Å². The summed E-state index contributed by atoms with van der Waals surface area (Å²) in [6.07, 6.45) is 1.91. The summed E-state index contributed by atoms with van der Waals surface area (Å²) in [5.41, 5.74) is 8.62. The summed E-state index contributed by atoms with van der Waals surface area (Å²) in [6, 6.07) is 7.34. The van der Waals surface area contributed by atoms with E-state index in [-0.39, 0.29) is 29.6 Å². The number of nitrogen functional groups attached to an aromatic ring is 1. The van der Waals surface area contributed by atoms with Gasteiger partial charge in [-0.2, -0.15) is 4.39 Å². The molecule has 4 rings (SSSR count). The molecule has 0 saturated heterocycles. The summed E-state index contributed by atoms with van der Waals surface area (Å²) < 4.78 is 28.2. The molecule has 0 aliphatic heterocycles. The lowest BCUT2D eigenvalue weighted by molar-refractivity contribution is 0.0962. The number of carbonyl (C=O) groups excluding carboxylic acids is 1. The highest BCUT2D eigenvalue weighted by Gasteiger charge is 2.31. The molecule has 1 aliphatic rings. The van der Waals surface area contributed by atoms with Crippen LogP contribution in [0.15, 0.2) is 36.5 Å². The third kappa shape index (κ3) is 3.05. The molecule has 1 unspecified atom stereocenters. The number of anilines is 1. The molecule has 5 nitrogen and oxygen atoms in total. The highest BCUT2D eigenvalue weighted by Crippen LogP contribution is 2.38. The second-order valence-electron chi connectivity index (χ2n) is 6.59. The van der Waals surface area contributed by atoms with E-state index in [1.807, 2.05) is 0 Å². The number of carbonyl (C=O) groups is 1. The van der Waals surface area contributed by atoms with Crippen LogP contribution in [-0.4, -0.2) is 20.7 Å². The first kappa shape index (κ1) is 17.2. The molecule has 0 radical (unpaired) electrons. The van der Waals surface area contributed by atoms with Gasteiger partial charge in [0, 0.05) is 18.2 Å². The molecule has 136 valence electrons. The first-order valence-electron chi connectivity index (χ1n) is 8.50. The Kier molecular flexibility index (Phi) is 4.14. The van der Waals surface area contributed by atoms with Gasteiger partial charge in [-0.1, -0.05) is 6.07 Å². The van der Waals surface area contributed by atoms with E-state index in [1.54, 1.807) is 19.1 Å². The largest absolute Gasteiger partial charge is 0.368 e. The molecule has 0 fully saturated rings. The van der Waals surface area contributed by atoms with E-state index in [0.29, 0.717) is 34.5 Å². The lowest BCUT2D eigenvalue weighted by Gasteiger charge is -2.26. The van der Waals surface area contributed by atoms with Crippen molar-refractivity contribution < 1.29 is 13.6 Å². The molecule has 1 aliphatic carbocycles. The Morgan fingerprint density at radius 1 is 1.11 bits per heavy atom. The van der Waals surface area contributed by atoms with Crippen molar-refractivity contribution in [3.63, 3.8) is 0 Å². The molecular weight excluding hydrogens is 350 g/mol. The molecule has 2 N–H and O–H groups in total. The van der Waals surface area contributed by atoms with Crippen molar-refractivity contribution in [3.8, 4) is 11.1 Å². The van der Waals surface area contributed by atoms with E-state index >= 15 is 0 Å². The van der Waals surface area contributed by atoms with E-state index in [1.165, 1.54) is 24.4 Å². The van der Waals surface area contributed by atoms with Crippen molar-refractivity contribution in [2.75, 3.05) is 5.73 Å². The molecule has 2 aromatic heterocycles. The molecule has 2 heterocycles. The maximum absolute atomic E-state index is 14.2. The fourth-order valence-corrected chi connectivity index (χ4v) is 3.72. The number of rotatable bonds is 2. The Balaban J connectivity index is 1.84. The highest BCUT2D eigenvalue weighted by atomic mass is 19.1. The minimum Gasteiger partial charge on any atom is -0.368 e. The van der Waals surface area contributed by atoms with Crippen LogP contribution in [0.5, 0.6) is 0 Å². The zero-order valence-electron chi connectivity index (χ0n) is 14.5. The summed E-state index contributed by atoms with van der Waals surface area (Å²) in [7, 11) is 0. The van der Waals surface area contributed by atoms with E-state index in [2.05, 4.69) is 15.0 Å². The fourth-order valence-electron chi connectivity index (χ4n) is 3.72. The predicted octanol–water partition coefficient (Wildman–Crippen LogP) is 3.62. The molecule has 0 saturated carbocycles. The van der Waals surface area contributed by atoms with Gasteiger partial charge in [-0.25, -0.2) is 19.3 Å². The molecule has 0 bridgehead atoms. The van der Waals surface area contributed by atoms with Crippen LogP contribution in [0.4, 0.5) is 14.7 Å². The standard InChI is InChI=1S/C20H16F2N4O/c1-10-18-16(26-20(23)25-10)7-11(8-17(18)27)15-9-12(21)4-5-13(15)14-3-2-6-24-19(14)22/h2-6,9,11H,7-8H2,1H3,(H2,23,25,26). The van der Waals surface area contributed by atoms with E-state index in [0.717, 1.165) is 0 Å². The number of nitrogens with two attached hydrogens (primary N) is 1. The number of fused-ring (bicyclic) bond motifs is 1. The van der Waals surface area contributed by atoms with Gasteiger partial charge in [0.2, 0.25) is 11.9 Å². The number of hydrogen-bond acceptors (Lipinski definition) is 5. The van der Waals surface area contributed by atoms with Crippen molar-refractivity contribution in [1.29, 1.82) is 0 Å². The van der Waals surface area contributed by atoms with Crippen LogP contribution in [0.25, 0.3) is 11.1 Å². The van der Waals surface area contributed by atoms with Crippen molar-refractivity contribution in [2.45, 2.75) is 25.7 Å². The fraction of sp³-hybridized carbons (Fsp3) is 0.200. The van der Waals surface area contributed by atoms with Gasteiger partial charge < -0.3 is 5.73 Å². The number of pyridine rings is 1.